The molecule has 1 aliphatic rings. The third kappa shape index (κ3) is 5.14. The molecule has 1 aromatic heterocycles. The number of carbonyl (C=O) groups is 2. The molecule has 0 radical (unpaired) electrons. The average Bonchev–Trinajstić information content (AvgIpc) is 2.86. The molecule has 1 fully saturated rings. The van der Waals surface area contributed by atoms with Crippen molar-refractivity contribution >= 4 is 11.8 Å². The van der Waals surface area contributed by atoms with Gasteiger partial charge in [-0.3, -0.25) is 14.6 Å². The van der Waals surface area contributed by atoms with Crippen molar-refractivity contribution in [3.8, 4) is 22.6 Å². The van der Waals surface area contributed by atoms with Gasteiger partial charge in [-0.2, -0.15) is 0 Å². The van der Waals surface area contributed by atoms with E-state index in [1.165, 1.54) is 0 Å². The van der Waals surface area contributed by atoms with Crippen LogP contribution in [0.1, 0.15) is 5.56 Å². The van der Waals surface area contributed by atoms with Crippen molar-refractivity contribution < 1.29 is 19.1 Å². The highest BCUT2D eigenvalue weighted by atomic mass is 16.5. The number of nitrogens with zero attached hydrogens (tertiary/aromatic N) is 3. The standard InChI is InChI=1S/C26H27N3O4/c1-28-14-15-29(25(30)18-33-24-8-4-3-7-23(24)32-2)22(26(28)31)16-19-9-11-20(12-10-19)21-6-5-13-27-17-21/h3-13,17,22H,14-16,18H2,1-2H3/t22-/m0/s1. The van der Waals surface area contributed by atoms with Crippen molar-refractivity contribution in [3.63, 3.8) is 0 Å². The van der Waals surface area contributed by atoms with E-state index >= 15 is 0 Å². The second-order valence-electron chi connectivity index (χ2n) is 7.95. The maximum atomic E-state index is 13.0. The summed E-state index contributed by atoms with van der Waals surface area (Å²) in [5, 5.41) is 0. The van der Waals surface area contributed by atoms with Gasteiger partial charge in [0, 0.05) is 39.0 Å². The van der Waals surface area contributed by atoms with Gasteiger partial charge in [0.1, 0.15) is 6.04 Å². The molecule has 2 amide bonds. The Balaban J connectivity index is 1.47. The molecule has 0 aliphatic carbocycles. The normalized spacial score (nSPS) is 15.9. The van der Waals surface area contributed by atoms with E-state index in [4.69, 9.17) is 9.47 Å². The van der Waals surface area contributed by atoms with Gasteiger partial charge in [-0.1, -0.05) is 42.5 Å². The molecular formula is C26H27N3O4. The van der Waals surface area contributed by atoms with Crippen molar-refractivity contribution in [1.29, 1.82) is 0 Å². The Bertz CT molecular complexity index is 1100. The zero-order valence-corrected chi connectivity index (χ0v) is 18.8. The van der Waals surface area contributed by atoms with Crippen LogP contribution in [0.5, 0.6) is 11.5 Å². The summed E-state index contributed by atoms with van der Waals surface area (Å²) in [6.45, 7) is 0.804. The van der Waals surface area contributed by atoms with Gasteiger partial charge in [0.05, 0.1) is 7.11 Å². The Morgan fingerprint density at radius 2 is 1.76 bits per heavy atom. The number of pyridine rings is 1. The first-order chi connectivity index (χ1) is 16.1. The zero-order valence-electron chi connectivity index (χ0n) is 18.8. The summed E-state index contributed by atoms with van der Waals surface area (Å²) in [4.78, 5) is 33.5. The molecule has 3 aromatic rings. The monoisotopic (exact) mass is 445 g/mol. The molecule has 0 bridgehead atoms. The molecule has 7 nitrogen and oxygen atoms in total. The maximum absolute atomic E-state index is 13.0. The molecule has 4 rings (SSSR count). The summed E-state index contributed by atoms with van der Waals surface area (Å²) in [6.07, 6.45) is 4.00. The summed E-state index contributed by atoms with van der Waals surface area (Å²) in [6, 6.07) is 18.5. The number of aromatic nitrogens is 1. The van der Waals surface area contributed by atoms with Crippen molar-refractivity contribution in [1.82, 2.24) is 14.8 Å². The highest BCUT2D eigenvalue weighted by molar-refractivity contribution is 5.89. The van der Waals surface area contributed by atoms with E-state index in [1.807, 2.05) is 54.7 Å². The molecule has 7 heteroatoms. The Kier molecular flexibility index (Phi) is 6.88. The first-order valence-corrected chi connectivity index (χ1v) is 10.9. The predicted octanol–water partition coefficient (Wildman–Crippen LogP) is 3.05. The van der Waals surface area contributed by atoms with E-state index in [2.05, 4.69) is 4.98 Å². The average molecular weight is 446 g/mol. The van der Waals surface area contributed by atoms with Gasteiger partial charge in [0.25, 0.3) is 5.91 Å². The van der Waals surface area contributed by atoms with Crippen LogP contribution >= 0.6 is 0 Å². The molecule has 33 heavy (non-hydrogen) atoms. The van der Waals surface area contributed by atoms with Crippen LogP contribution in [-0.2, 0) is 16.0 Å². The van der Waals surface area contributed by atoms with E-state index in [0.717, 1.165) is 16.7 Å². The van der Waals surface area contributed by atoms with Crippen molar-refractivity contribution in [3.05, 3.63) is 78.6 Å². The molecule has 170 valence electrons. The van der Waals surface area contributed by atoms with Crippen LogP contribution in [0.15, 0.2) is 73.1 Å². The number of rotatable bonds is 7. The number of carbonyl (C=O) groups excluding carboxylic acids is 2. The van der Waals surface area contributed by atoms with Crippen molar-refractivity contribution in [2.75, 3.05) is 33.9 Å². The molecule has 1 atom stereocenters. The van der Waals surface area contributed by atoms with Gasteiger partial charge in [-0.05, 0) is 34.9 Å². The Morgan fingerprint density at radius 3 is 2.45 bits per heavy atom. The number of amides is 2. The van der Waals surface area contributed by atoms with E-state index in [9.17, 15) is 9.59 Å². The number of hydrogen-bond donors (Lipinski definition) is 0. The smallest absolute Gasteiger partial charge is 0.261 e. The molecular weight excluding hydrogens is 418 g/mol. The third-order valence-corrected chi connectivity index (χ3v) is 5.83. The first kappa shape index (κ1) is 22.3. The molecule has 2 aromatic carbocycles. The molecule has 1 saturated heterocycles. The van der Waals surface area contributed by atoms with Gasteiger partial charge in [-0.25, -0.2) is 0 Å². The second-order valence-corrected chi connectivity index (χ2v) is 7.95. The van der Waals surface area contributed by atoms with Crippen LogP contribution in [-0.4, -0.2) is 66.5 Å². The van der Waals surface area contributed by atoms with Gasteiger partial charge in [-0.15, -0.1) is 0 Å². The largest absolute Gasteiger partial charge is 0.493 e. The molecule has 2 heterocycles. The highest BCUT2D eigenvalue weighted by Crippen LogP contribution is 2.26. The molecule has 0 unspecified atom stereocenters. The van der Waals surface area contributed by atoms with Crippen LogP contribution in [0.2, 0.25) is 0 Å². The summed E-state index contributed by atoms with van der Waals surface area (Å²) in [5.74, 6) is 0.768. The third-order valence-electron chi connectivity index (χ3n) is 5.83. The van der Waals surface area contributed by atoms with Gasteiger partial charge >= 0.3 is 0 Å². The summed E-state index contributed by atoms with van der Waals surface area (Å²) >= 11 is 0. The first-order valence-electron chi connectivity index (χ1n) is 10.9. The number of benzene rings is 2. The predicted molar refractivity (Wildman–Crippen MR) is 125 cm³/mol. The minimum absolute atomic E-state index is 0.0665. The number of hydrogen-bond acceptors (Lipinski definition) is 5. The lowest BCUT2D eigenvalue weighted by Crippen LogP contribution is -2.59. The summed E-state index contributed by atoms with van der Waals surface area (Å²) in [5.41, 5.74) is 3.07. The second kappa shape index (κ2) is 10.2. The van der Waals surface area contributed by atoms with Crippen molar-refractivity contribution in [2.45, 2.75) is 12.5 Å². The summed E-state index contributed by atoms with van der Waals surface area (Å²) < 4.78 is 11.0. The molecule has 1 aliphatic heterocycles. The van der Waals surface area contributed by atoms with Crippen LogP contribution < -0.4 is 9.47 Å². The zero-order chi connectivity index (χ0) is 23.2. The van der Waals surface area contributed by atoms with E-state index in [1.54, 1.807) is 42.3 Å². The molecule has 0 N–H and O–H groups in total. The Morgan fingerprint density at radius 1 is 1.00 bits per heavy atom. The van der Waals surface area contributed by atoms with Gasteiger partial charge in [0.2, 0.25) is 5.91 Å². The lowest BCUT2D eigenvalue weighted by Gasteiger charge is -2.39. The Labute approximate surface area is 193 Å². The minimum Gasteiger partial charge on any atom is -0.493 e. The van der Waals surface area contributed by atoms with Gasteiger partial charge < -0.3 is 19.3 Å². The van der Waals surface area contributed by atoms with Crippen molar-refractivity contribution in [2.24, 2.45) is 0 Å². The summed E-state index contributed by atoms with van der Waals surface area (Å²) in [7, 11) is 3.33. The molecule has 0 saturated carbocycles. The Hall–Kier alpha value is -3.87. The van der Waals surface area contributed by atoms with Gasteiger partial charge in [0.15, 0.2) is 18.1 Å². The highest BCUT2D eigenvalue weighted by Gasteiger charge is 2.36. The van der Waals surface area contributed by atoms with Crippen LogP contribution in [0.3, 0.4) is 0 Å². The topological polar surface area (TPSA) is 72.0 Å². The fraction of sp³-hybridized carbons (Fsp3) is 0.269. The number of likely N-dealkylation sites (N-methyl/N-ethyl adjacent to an activating group) is 1. The maximum Gasteiger partial charge on any atom is 0.261 e. The lowest BCUT2D eigenvalue weighted by molar-refractivity contribution is -0.151. The number of ether oxygens (including phenoxy) is 2. The van der Waals surface area contributed by atoms with E-state index in [0.29, 0.717) is 31.0 Å². The van der Waals surface area contributed by atoms with Crippen LogP contribution in [0.4, 0.5) is 0 Å². The lowest BCUT2D eigenvalue weighted by atomic mass is 9.99. The van der Waals surface area contributed by atoms with E-state index in [-0.39, 0.29) is 18.4 Å². The fourth-order valence-corrected chi connectivity index (χ4v) is 3.96. The fourth-order valence-electron chi connectivity index (χ4n) is 3.96. The number of para-hydroxylation sites is 2. The molecule has 0 spiro atoms. The number of piperazine rings is 1. The quantitative estimate of drug-likeness (QED) is 0.559. The minimum atomic E-state index is -0.568. The SMILES string of the molecule is COc1ccccc1OCC(=O)N1CCN(C)C(=O)[C@@H]1Cc1ccc(-c2cccnc2)cc1. The van der Waals surface area contributed by atoms with Crippen LogP contribution in [0, 0.1) is 0 Å². The van der Waals surface area contributed by atoms with Crippen LogP contribution in [0.25, 0.3) is 11.1 Å². The number of methoxy groups -OCH3 is 1. The van der Waals surface area contributed by atoms with E-state index < -0.39 is 6.04 Å².